The molecule has 5 rings (SSSR count). The van der Waals surface area contributed by atoms with Gasteiger partial charge < -0.3 is 5.32 Å². The van der Waals surface area contributed by atoms with Crippen molar-refractivity contribution in [2.45, 2.75) is 57.2 Å². The molecule has 2 atom stereocenters. The van der Waals surface area contributed by atoms with Gasteiger partial charge in [0.2, 0.25) is 5.91 Å². The van der Waals surface area contributed by atoms with E-state index in [0.717, 1.165) is 32.1 Å². The second-order valence-electron chi connectivity index (χ2n) is 9.67. The number of hydrogen-bond acceptors (Lipinski definition) is 4. The van der Waals surface area contributed by atoms with Crippen molar-refractivity contribution in [3.8, 4) is 0 Å². The Morgan fingerprint density at radius 3 is 2.00 bits per heavy atom. The lowest BCUT2D eigenvalue weighted by molar-refractivity contribution is -0.128. The molecule has 1 fully saturated rings. The number of carbonyl (C=O) groups excluding carboxylic acids is 2. The molecule has 0 bridgehead atoms. The lowest BCUT2D eigenvalue weighted by atomic mass is 9.94. The molecule has 1 aliphatic rings. The van der Waals surface area contributed by atoms with E-state index in [-0.39, 0.29) is 11.9 Å². The molecule has 2 amide bonds. The second-order valence-corrected chi connectivity index (χ2v) is 9.67. The third-order valence-corrected chi connectivity index (χ3v) is 6.99. The van der Waals surface area contributed by atoms with Crippen molar-refractivity contribution in [2.75, 3.05) is 4.90 Å². The van der Waals surface area contributed by atoms with E-state index in [1.807, 2.05) is 12.1 Å². The number of amides is 2. The zero-order valence-corrected chi connectivity index (χ0v) is 21.1. The van der Waals surface area contributed by atoms with Gasteiger partial charge in [-0.25, -0.2) is 8.78 Å². The van der Waals surface area contributed by atoms with E-state index in [4.69, 9.17) is 0 Å². The molecule has 1 aliphatic carbocycles. The number of nitrogens with one attached hydrogen (secondary N) is 1. The minimum atomic E-state index is -1.12. The summed E-state index contributed by atoms with van der Waals surface area (Å²) < 4.78 is 27.7. The number of aromatic nitrogens is 3. The molecule has 196 valence electrons. The minimum Gasteiger partial charge on any atom is -0.351 e. The summed E-state index contributed by atoms with van der Waals surface area (Å²) in [6.45, 7) is 1.65. The summed E-state index contributed by atoms with van der Waals surface area (Å²) in [6, 6.07) is 16.1. The Morgan fingerprint density at radius 2 is 1.42 bits per heavy atom. The number of carbonyl (C=O) groups is 2. The molecule has 3 aromatic carbocycles. The van der Waals surface area contributed by atoms with Crippen LogP contribution in [0.25, 0.3) is 11.0 Å². The van der Waals surface area contributed by atoms with Gasteiger partial charge in [-0.3, -0.25) is 14.5 Å². The molecule has 9 heteroatoms. The van der Waals surface area contributed by atoms with Crippen molar-refractivity contribution < 1.29 is 18.4 Å². The standard InChI is InChI=1S/C29H29F2N5O2/c1-19(36-33-25-9-5-6-10-26(25)34-36)29(38)35(24-17-15-22(31)16-18-24)27(20-11-13-21(30)14-12-20)28(37)32-23-7-3-2-4-8-23/h5-6,9-19,23,27H,2-4,7-8H2,1H3,(H,32,37). The van der Waals surface area contributed by atoms with E-state index in [9.17, 15) is 18.4 Å². The van der Waals surface area contributed by atoms with Crippen molar-refractivity contribution in [2.24, 2.45) is 0 Å². The highest BCUT2D eigenvalue weighted by Crippen LogP contribution is 2.32. The molecule has 1 aromatic heterocycles. The van der Waals surface area contributed by atoms with Gasteiger partial charge in [0, 0.05) is 11.7 Å². The molecule has 4 aromatic rings. The number of nitrogens with zero attached hydrogens (tertiary/aromatic N) is 4. The number of halogens is 2. The number of benzene rings is 3. The molecular formula is C29H29F2N5O2. The van der Waals surface area contributed by atoms with Crippen LogP contribution < -0.4 is 10.2 Å². The quantitative estimate of drug-likeness (QED) is 0.351. The van der Waals surface area contributed by atoms with E-state index in [2.05, 4.69) is 15.5 Å². The normalized spacial score (nSPS) is 15.7. The molecule has 1 heterocycles. The summed E-state index contributed by atoms with van der Waals surface area (Å²) in [6.07, 6.45) is 4.86. The van der Waals surface area contributed by atoms with Crippen LogP contribution in [-0.2, 0) is 9.59 Å². The molecule has 38 heavy (non-hydrogen) atoms. The predicted octanol–water partition coefficient (Wildman–Crippen LogP) is 5.49. The van der Waals surface area contributed by atoms with Gasteiger partial charge in [0.1, 0.15) is 34.8 Å². The predicted molar refractivity (Wildman–Crippen MR) is 140 cm³/mol. The number of hydrogen-bond donors (Lipinski definition) is 1. The van der Waals surface area contributed by atoms with Crippen molar-refractivity contribution in [1.29, 1.82) is 0 Å². The van der Waals surface area contributed by atoms with Crippen molar-refractivity contribution >= 4 is 28.5 Å². The molecule has 0 saturated heterocycles. The maximum Gasteiger partial charge on any atom is 0.254 e. The SMILES string of the molecule is CC(C(=O)N(c1ccc(F)cc1)C(C(=O)NC1CCCCC1)c1ccc(F)cc1)n1nc2ccccc2n1. The van der Waals surface area contributed by atoms with Crippen LogP contribution >= 0.6 is 0 Å². The highest BCUT2D eigenvalue weighted by atomic mass is 19.1. The van der Waals surface area contributed by atoms with Gasteiger partial charge in [-0.1, -0.05) is 43.5 Å². The average molecular weight is 518 g/mol. The molecule has 7 nitrogen and oxygen atoms in total. The number of rotatable bonds is 7. The van der Waals surface area contributed by atoms with Crippen molar-refractivity contribution in [3.05, 3.63) is 90.0 Å². The summed E-state index contributed by atoms with van der Waals surface area (Å²) in [7, 11) is 0. The first kappa shape index (κ1) is 25.5. The van der Waals surface area contributed by atoms with Crippen molar-refractivity contribution in [3.63, 3.8) is 0 Å². The Kier molecular flexibility index (Phi) is 7.44. The Labute approximate surface area is 219 Å². The van der Waals surface area contributed by atoms with Crippen LogP contribution in [0.5, 0.6) is 0 Å². The molecular weight excluding hydrogens is 488 g/mol. The van der Waals surface area contributed by atoms with Crippen LogP contribution in [-0.4, -0.2) is 32.9 Å². The van der Waals surface area contributed by atoms with E-state index < -0.39 is 29.6 Å². The minimum absolute atomic E-state index is 0.0140. The highest BCUT2D eigenvalue weighted by Gasteiger charge is 2.37. The fraction of sp³-hybridized carbons (Fsp3) is 0.310. The van der Waals surface area contributed by atoms with Crippen LogP contribution in [0.4, 0.5) is 14.5 Å². The second kappa shape index (κ2) is 11.1. The summed E-state index contributed by atoms with van der Waals surface area (Å²) in [5, 5.41) is 12.0. The van der Waals surface area contributed by atoms with Crippen LogP contribution in [0.15, 0.2) is 72.8 Å². The van der Waals surface area contributed by atoms with Gasteiger partial charge in [0.05, 0.1) is 0 Å². The van der Waals surface area contributed by atoms with Crippen LogP contribution in [0.1, 0.15) is 56.7 Å². The average Bonchev–Trinajstić information content (AvgIpc) is 3.37. The lowest BCUT2D eigenvalue weighted by Crippen LogP contribution is -2.49. The first-order chi connectivity index (χ1) is 18.4. The van der Waals surface area contributed by atoms with Gasteiger partial charge in [0.15, 0.2) is 0 Å². The Bertz CT molecular complexity index is 1380. The van der Waals surface area contributed by atoms with Gasteiger partial charge in [0.25, 0.3) is 5.91 Å². The summed E-state index contributed by atoms with van der Waals surface area (Å²) >= 11 is 0. The molecule has 1 N–H and O–H groups in total. The van der Waals surface area contributed by atoms with Crippen LogP contribution in [0.2, 0.25) is 0 Å². The lowest BCUT2D eigenvalue weighted by Gasteiger charge is -2.34. The zero-order valence-electron chi connectivity index (χ0n) is 21.1. The largest absolute Gasteiger partial charge is 0.351 e. The van der Waals surface area contributed by atoms with Gasteiger partial charge >= 0.3 is 0 Å². The van der Waals surface area contributed by atoms with Crippen LogP contribution in [0.3, 0.4) is 0 Å². The third kappa shape index (κ3) is 5.41. The first-order valence-corrected chi connectivity index (χ1v) is 12.9. The summed E-state index contributed by atoms with van der Waals surface area (Å²) in [5.74, 6) is -1.78. The third-order valence-electron chi connectivity index (χ3n) is 6.99. The topological polar surface area (TPSA) is 80.1 Å². The molecule has 0 spiro atoms. The summed E-state index contributed by atoms with van der Waals surface area (Å²) in [4.78, 5) is 30.7. The Balaban J connectivity index is 1.57. The van der Waals surface area contributed by atoms with E-state index in [1.54, 1.807) is 19.1 Å². The molecule has 0 radical (unpaired) electrons. The first-order valence-electron chi connectivity index (χ1n) is 12.9. The monoisotopic (exact) mass is 517 g/mol. The van der Waals surface area contributed by atoms with Crippen LogP contribution in [0, 0.1) is 11.6 Å². The van der Waals surface area contributed by atoms with Crippen molar-refractivity contribution in [1.82, 2.24) is 20.3 Å². The molecule has 0 aliphatic heterocycles. The fourth-order valence-electron chi connectivity index (χ4n) is 4.94. The highest BCUT2D eigenvalue weighted by molar-refractivity contribution is 6.03. The molecule has 2 unspecified atom stereocenters. The van der Waals surface area contributed by atoms with E-state index in [1.165, 1.54) is 58.2 Å². The summed E-state index contributed by atoms with van der Waals surface area (Å²) in [5.41, 5.74) is 2.02. The van der Waals surface area contributed by atoms with E-state index in [0.29, 0.717) is 22.3 Å². The fourth-order valence-corrected chi connectivity index (χ4v) is 4.94. The smallest absolute Gasteiger partial charge is 0.254 e. The number of anilines is 1. The van der Waals surface area contributed by atoms with Gasteiger partial charge in [-0.05, 0) is 73.9 Å². The maximum atomic E-state index is 14.2. The van der Waals surface area contributed by atoms with Gasteiger partial charge in [-0.15, -0.1) is 0 Å². The molecule has 1 saturated carbocycles. The Morgan fingerprint density at radius 1 is 0.868 bits per heavy atom. The van der Waals surface area contributed by atoms with E-state index >= 15 is 0 Å². The zero-order chi connectivity index (χ0) is 26.6. The van der Waals surface area contributed by atoms with Gasteiger partial charge in [-0.2, -0.15) is 15.0 Å². The Hall–Kier alpha value is -4.14. The number of fused-ring (bicyclic) bond motifs is 1. The maximum absolute atomic E-state index is 14.2.